The van der Waals surface area contributed by atoms with E-state index < -0.39 is 0 Å². The lowest BCUT2D eigenvalue weighted by Gasteiger charge is -2.10. The maximum Gasteiger partial charge on any atom is 0.160 e. The third-order valence-corrected chi connectivity index (χ3v) is 6.50. The van der Waals surface area contributed by atoms with Gasteiger partial charge in [0.25, 0.3) is 0 Å². The van der Waals surface area contributed by atoms with E-state index in [1.165, 1.54) is 0 Å². The van der Waals surface area contributed by atoms with Crippen LogP contribution in [0.1, 0.15) is 0 Å². The van der Waals surface area contributed by atoms with E-state index in [1.54, 1.807) is 6.20 Å². The summed E-state index contributed by atoms with van der Waals surface area (Å²) in [5, 5.41) is 1.04. The molecule has 5 heteroatoms. The molecule has 5 nitrogen and oxygen atoms in total. The van der Waals surface area contributed by atoms with Crippen LogP contribution in [0.2, 0.25) is 0 Å². The van der Waals surface area contributed by atoms with Gasteiger partial charge in [-0.2, -0.15) is 0 Å². The van der Waals surface area contributed by atoms with Crippen LogP contribution in [-0.2, 0) is 0 Å². The van der Waals surface area contributed by atoms with Gasteiger partial charge >= 0.3 is 0 Å². The quantitative estimate of drug-likeness (QED) is 0.267. The zero-order valence-electron chi connectivity index (χ0n) is 19.9. The summed E-state index contributed by atoms with van der Waals surface area (Å²) in [4.78, 5) is 19.4. The minimum absolute atomic E-state index is 0.701. The zero-order valence-corrected chi connectivity index (χ0v) is 19.9. The molecular formula is C32H21N5. The highest BCUT2D eigenvalue weighted by atomic mass is 15.0. The summed E-state index contributed by atoms with van der Waals surface area (Å²) in [5.74, 6) is 0.701. The molecule has 0 atom stereocenters. The second-order valence-corrected chi connectivity index (χ2v) is 8.81. The van der Waals surface area contributed by atoms with Crippen LogP contribution >= 0.6 is 0 Å². The normalized spacial score (nSPS) is 11.2. The van der Waals surface area contributed by atoms with Crippen molar-refractivity contribution in [3.05, 3.63) is 128 Å². The molecule has 0 bridgehead atoms. The van der Waals surface area contributed by atoms with Gasteiger partial charge in [-0.05, 0) is 30.3 Å². The smallest absolute Gasteiger partial charge is 0.160 e. The Morgan fingerprint density at radius 3 is 2.11 bits per heavy atom. The number of hydrogen-bond donors (Lipinski definition) is 0. The maximum atomic E-state index is 5.01. The van der Waals surface area contributed by atoms with Crippen LogP contribution in [0.25, 0.3) is 61.8 Å². The van der Waals surface area contributed by atoms with E-state index >= 15 is 0 Å². The van der Waals surface area contributed by atoms with Crippen LogP contribution in [0.15, 0.2) is 128 Å². The number of fused-ring (bicyclic) bond motifs is 2. The topological polar surface area (TPSA) is 56.0 Å². The Balaban J connectivity index is 1.37. The van der Waals surface area contributed by atoms with Gasteiger partial charge in [0.05, 0.1) is 22.6 Å². The molecule has 37 heavy (non-hydrogen) atoms. The van der Waals surface area contributed by atoms with Crippen molar-refractivity contribution in [1.82, 2.24) is 24.3 Å². The summed E-state index contributed by atoms with van der Waals surface area (Å²) in [7, 11) is 0. The summed E-state index contributed by atoms with van der Waals surface area (Å²) in [6.45, 7) is 0. The fourth-order valence-corrected chi connectivity index (χ4v) is 4.75. The molecule has 3 aromatic carbocycles. The van der Waals surface area contributed by atoms with Gasteiger partial charge in [0.1, 0.15) is 11.3 Å². The molecule has 174 valence electrons. The molecule has 0 saturated heterocycles. The summed E-state index contributed by atoms with van der Waals surface area (Å²) >= 11 is 0. The Morgan fingerprint density at radius 2 is 1.27 bits per heavy atom. The molecule has 7 rings (SSSR count). The molecule has 7 aromatic rings. The number of hydrogen-bond acceptors (Lipinski definition) is 4. The van der Waals surface area contributed by atoms with Crippen LogP contribution in [0.5, 0.6) is 0 Å². The number of benzene rings is 3. The molecule has 0 saturated carbocycles. The largest absolute Gasteiger partial charge is 0.299 e. The molecular weight excluding hydrogens is 454 g/mol. The molecule has 0 radical (unpaired) electrons. The number of pyridine rings is 2. The van der Waals surface area contributed by atoms with Crippen molar-refractivity contribution in [3.63, 3.8) is 0 Å². The number of aromatic nitrogens is 5. The minimum atomic E-state index is 0.701. The van der Waals surface area contributed by atoms with E-state index in [9.17, 15) is 0 Å². The first-order chi connectivity index (χ1) is 18.3. The van der Waals surface area contributed by atoms with Crippen LogP contribution < -0.4 is 0 Å². The van der Waals surface area contributed by atoms with Crippen molar-refractivity contribution in [2.45, 2.75) is 0 Å². The fourth-order valence-electron chi connectivity index (χ4n) is 4.75. The van der Waals surface area contributed by atoms with Crippen molar-refractivity contribution >= 4 is 16.6 Å². The van der Waals surface area contributed by atoms with Crippen molar-refractivity contribution in [1.29, 1.82) is 0 Å². The van der Waals surface area contributed by atoms with Crippen molar-refractivity contribution in [2.24, 2.45) is 0 Å². The third kappa shape index (κ3) is 3.74. The first kappa shape index (κ1) is 21.1. The molecule has 4 heterocycles. The average Bonchev–Trinajstić information content (AvgIpc) is 3.37. The summed E-state index contributed by atoms with van der Waals surface area (Å²) < 4.78 is 2.11. The Hall–Kier alpha value is -5.16. The number of para-hydroxylation sites is 1. The monoisotopic (exact) mass is 475 g/mol. The molecule has 0 amide bonds. The summed E-state index contributed by atoms with van der Waals surface area (Å²) in [5.41, 5.74) is 8.53. The standard InChI is InChI=1S/C32H21N5/c1-2-10-22(11-3-1)29-25-12-4-5-13-26(25)34-32(36-29)24-18-16-23(17-19-24)31-30(27-14-6-8-20-33-27)35-28-15-7-9-21-37(28)31/h1-21H. The first-order valence-electron chi connectivity index (χ1n) is 12.2. The highest BCUT2D eigenvalue weighted by Crippen LogP contribution is 2.34. The van der Waals surface area contributed by atoms with E-state index in [-0.39, 0.29) is 0 Å². The molecule has 0 fully saturated rings. The first-order valence-corrected chi connectivity index (χ1v) is 12.2. The van der Waals surface area contributed by atoms with Gasteiger partial charge in [-0.3, -0.25) is 9.38 Å². The zero-order chi connectivity index (χ0) is 24.6. The predicted octanol–water partition coefficient (Wildman–Crippen LogP) is 7.34. The third-order valence-electron chi connectivity index (χ3n) is 6.50. The number of imidazole rings is 1. The minimum Gasteiger partial charge on any atom is -0.299 e. The Labute approximate surface area is 213 Å². The van der Waals surface area contributed by atoms with Crippen LogP contribution in [0.3, 0.4) is 0 Å². The van der Waals surface area contributed by atoms with E-state index in [4.69, 9.17) is 15.0 Å². The molecule has 0 spiro atoms. The second-order valence-electron chi connectivity index (χ2n) is 8.81. The van der Waals surface area contributed by atoms with Gasteiger partial charge in [-0.1, -0.05) is 84.9 Å². The van der Waals surface area contributed by atoms with Gasteiger partial charge in [-0.15, -0.1) is 0 Å². The molecule has 0 unspecified atom stereocenters. The average molecular weight is 476 g/mol. The van der Waals surface area contributed by atoms with Gasteiger partial charge in [0.2, 0.25) is 0 Å². The van der Waals surface area contributed by atoms with E-state index in [0.29, 0.717) is 5.82 Å². The highest BCUT2D eigenvalue weighted by Gasteiger charge is 2.17. The van der Waals surface area contributed by atoms with Crippen LogP contribution in [0.4, 0.5) is 0 Å². The van der Waals surface area contributed by atoms with Gasteiger partial charge in [0.15, 0.2) is 5.82 Å². The van der Waals surface area contributed by atoms with Crippen molar-refractivity contribution in [3.8, 4) is 45.3 Å². The summed E-state index contributed by atoms with van der Waals surface area (Å²) in [6.07, 6.45) is 3.84. The Morgan fingerprint density at radius 1 is 0.514 bits per heavy atom. The van der Waals surface area contributed by atoms with Crippen LogP contribution in [-0.4, -0.2) is 24.3 Å². The number of rotatable bonds is 4. The Bertz CT molecular complexity index is 1860. The highest BCUT2D eigenvalue weighted by molar-refractivity contribution is 5.93. The molecule has 0 aliphatic carbocycles. The lowest BCUT2D eigenvalue weighted by atomic mass is 10.0. The molecule has 0 aliphatic rings. The molecule has 4 aromatic heterocycles. The summed E-state index contributed by atoms with van der Waals surface area (Å²) in [6, 6.07) is 38.7. The van der Waals surface area contributed by atoms with E-state index in [0.717, 1.165) is 56.0 Å². The van der Waals surface area contributed by atoms with Gasteiger partial charge in [0, 0.05) is 34.5 Å². The van der Waals surface area contributed by atoms with Crippen LogP contribution in [0, 0.1) is 0 Å². The van der Waals surface area contributed by atoms with E-state index in [2.05, 4.69) is 51.8 Å². The second kappa shape index (κ2) is 8.81. The maximum absolute atomic E-state index is 5.01. The lowest BCUT2D eigenvalue weighted by Crippen LogP contribution is -1.95. The van der Waals surface area contributed by atoms with Crippen molar-refractivity contribution < 1.29 is 0 Å². The van der Waals surface area contributed by atoms with Gasteiger partial charge < -0.3 is 0 Å². The van der Waals surface area contributed by atoms with Crippen molar-refractivity contribution in [2.75, 3.05) is 0 Å². The van der Waals surface area contributed by atoms with Gasteiger partial charge in [-0.25, -0.2) is 15.0 Å². The fraction of sp³-hybridized carbons (Fsp3) is 0. The molecule has 0 N–H and O–H groups in total. The number of nitrogens with zero attached hydrogens (tertiary/aromatic N) is 5. The SMILES string of the molecule is c1ccc(-c2nc(-c3ccc(-c4c(-c5ccccn5)nc5ccccn45)cc3)nc3ccccc23)cc1. The Kier molecular flexibility index (Phi) is 5.03. The molecule has 0 aliphatic heterocycles. The predicted molar refractivity (Wildman–Crippen MR) is 148 cm³/mol. The van der Waals surface area contributed by atoms with E-state index in [1.807, 2.05) is 79.0 Å². The lowest BCUT2D eigenvalue weighted by molar-refractivity contribution is 1.19.